The fourth-order valence-corrected chi connectivity index (χ4v) is 1.75. The van der Waals surface area contributed by atoms with Crippen LogP contribution in [-0.4, -0.2) is 14.4 Å². The van der Waals surface area contributed by atoms with Crippen molar-refractivity contribution in [3.63, 3.8) is 0 Å². The zero-order valence-electron chi connectivity index (χ0n) is 8.44. The summed E-state index contributed by atoms with van der Waals surface area (Å²) in [7, 11) is -3.86. The minimum Gasteiger partial charge on any atom is -0.447 e. The molecular weight excluding hydrogens is 227 g/mol. The van der Waals surface area contributed by atoms with E-state index in [1.165, 1.54) is 12.1 Å². The van der Waals surface area contributed by atoms with Crippen LogP contribution in [0.5, 0.6) is 0 Å². The SMILES string of the molecule is Cc1ccc(S(=O)(=O)NC([NH-])=O)cc1.[Na+]. The molecule has 1 aromatic rings. The van der Waals surface area contributed by atoms with Crippen LogP contribution < -0.4 is 34.3 Å². The molecule has 1 aromatic carbocycles. The smallest absolute Gasteiger partial charge is 0.447 e. The number of benzene rings is 1. The summed E-state index contributed by atoms with van der Waals surface area (Å²) in [5.74, 6) is 0. The molecule has 0 fully saturated rings. The van der Waals surface area contributed by atoms with E-state index in [0.717, 1.165) is 5.56 Å². The Morgan fingerprint density at radius 2 is 1.73 bits per heavy atom. The number of sulfonamides is 1. The number of carbonyl (C=O) groups is 1. The Bertz CT molecular complexity index is 441. The molecule has 15 heavy (non-hydrogen) atoms. The quantitative estimate of drug-likeness (QED) is 0.630. The largest absolute Gasteiger partial charge is 1.00 e. The van der Waals surface area contributed by atoms with Crippen molar-refractivity contribution in [3.05, 3.63) is 35.6 Å². The molecule has 1 rings (SSSR count). The van der Waals surface area contributed by atoms with Crippen LogP contribution in [0.15, 0.2) is 29.2 Å². The first-order valence-electron chi connectivity index (χ1n) is 3.77. The van der Waals surface area contributed by atoms with Crippen LogP contribution >= 0.6 is 0 Å². The van der Waals surface area contributed by atoms with E-state index in [2.05, 4.69) is 0 Å². The van der Waals surface area contributed by atoms with E-state index < -0.39 is 16.1 Å². The summed E-state index contributed by atoms with van der Waals surface area (Å²) in [6.45, 7) is 1.82. The molecule has 0 spiro atoms. The van der Waals surface area contributed by atoms with Crippen LogP contribution in [0.3, 0.4) is 0 Å². The summed E-state index contributed by atoms with van der Waals surface area (Å²) in [5, 5.41) is 0. The molecule has 0 saturated carbocycles. The van der Waals surface area contributed by atoms with Crippen molar-refractivity contribution in [3.8, 4) is 0 Å². The van der Waals surface area contributed by atoms with Gasteiger partial charge < -0.3 is 10.5 Å². The monoisotopic (exact) mass is 236 g/mol. The van der Waals surface area contributed by atoms with Gasteiger partial charge in [-0.2, -0.15) is 0 Å². The molecule has 2 N–H and O–H groups in total. The first-order valence-corrected chi connectivity index (χ1v) is 5.25. The van der Waals surface area contributed by atoms with E-state index >= 15 is 0 Å². The molecule has 0 heterocycles. The number of hydrogen-bond acceptors (Lipinski definition) is 3. The second-order valence-corrected chi connectivity index (χ2v) is 4.43. The number of rotatable bonds is 2. The molecule has 0 aromatic heterocycles. The Kier molecular flexibility index (Phi) is 5.30. The maximum Gasteiger partial charge on any atom is 1.00 e. The minimum absolute atomic E-state index is 0. The molecule has 2 amide bonds. The fourth-order valence-electron chi connectivity index (χ4n) is 0.898. The number of nitrogens with one attached hydrogen (secondary N) is 2. The molecule has 0 unspecified atom stereocenters. The Hall–Kier alpha value is -0.560. The zero-order valence-corrected chi connectivity index (χ0v) is 11.3. The fraction of sp³-hybridized carbons (Fsp3) is 0.125. The molecule has 7 heteroatoms. The number of aryl methyl sites for hydroxylation is 1. The molecule has 0 aliphatic rings. The first-order chi connectivity index (χ1) is 6.42. The van der Waals surface area contributed by atoms with Gasteiger partial charge in [-0.05, 0) is 19.1 Å². The summed E-state index contributed by atoms with van der Waals surface area (Å²) in [6.07, 6.45) is 0. The van der Waals surface area contributed by atoms with Gasteiger partial charge in [-0.1, -0.05) is 17.7 Å². The van der Waals surface area contributed by atoms with E-state index in [1.54, 1.807) is 16.9 Å². The van der Waals surface area contributed by atoms with Gasteiger partial charge in [0.05, 0.1) is 4.90 Å². The third kappa shape index (κ3) is 4.21. The minimum atomic E-state index is -3.86. The molecule has 0 saturated heterocycles. The number of amides is 2. The third-order valence-electron chi connectivity index (χ3n) is 1.56. The number of hydrogen-bond donors (Lipinski definition) is 1. The van der Waals surface area contributed by atoms with E-state index in [-0.39, 0.29) is 34.5 Å². The van der Waals surface area contributed by atoms with Crippen LogP contribution in [0.2, 0.25) is 0 Å². The van der Waals surface area contributed by atoms with Gasteiger partial charge in [0.2, 0.25) is 10.0 Å². The van der Waals surface area contributed by atoms with E-state index in [0.29, 0.717) is 0 Å². The maximum absolute atomic E-state index is 11.3. The van der Waals surface area contributed by atoms with Crippen molar-refractivity contribution < 1.29 is 42.8 Å². The van der Waals surface area contributed by atoms with Crippen LogP contribution in [0, 0.1) is 6.92 Å². The van der Waals surface area contributed by atoms with Gasteiger partial charge in [0.1, 0.15) is 0 Å². The molecule has 0 bridgehead atoms. The Morgan fingerprint density at radius 3 is 2.13 bits per heavy atom. The van der Waals surface area contributed by atoms with Crippen molar-refractivity contribution in [1.82, 2.24) is 4.72 Å². The van der Waals surface area contributed by atoms with E-state index in [9.17, 15) is 13.2 Å². The average molecular weight is 236 g/mol. The Morgan fingerprint density at radius 1 is 1.27 bits per heavy atom. The normalized spacial score (nSPS) is 10.2. The van der Waals surface area contributed by atoms with Gasteiger partial charge in [0, 0.05) is 0 Å². The van der Waals surface area contributed by atoms with Gasteiger partial charge in [0.25, 0.3) is 0 Å². The Labute approximate surface area is 110 Å². The van der Waals surface area contributed by atoms with Gasteiger partial charge >= 0.3 is 29.6 Å². The van der Waals surface area contributed by atoms with Crippen LogP contribution in [0.1, 0.15) is 5.56 Å². The number of urea groups is 1. The van der Waals surface area contributed by atoms with Crippen molar-refractivity contribution >= 4 is 16.1 Å². The molecule has 5 nitrogen and oxygen atoms in total. The maximum atomic E-state index is 11.3. The Balaban J connectivity index is 0.00000196. The molecule has 0 aliphatic heterocycles. The van der Waals surface area contributed by atoms with Gasteiger partial charge in [-0.15, -0.1) is 0 Å². The summed E-state index contributed by atoms with van der Waals surface area (Å²) in [4.78, 5) is 10.3. The van der Waals surface area contributed by atoms with Crippen molar-refractivity contribution in [1.29, 1.82) is 0 Å². The summed E-state index contributed by atoms with van der Waals surface area (Å²) in [6, 6.07) is 4.64. The summed E-state index contributed by atoms with van der Waals surface area (Å²) < 4.78 is 24.2. The predicted octanol–water partition coefficient (Wildman–Crippen LogP) is -1.55. The molecule has 0 aliphatic carbocycles. The van der Waals surface area contributed by atoms with Crippen molar-refractivity contribution in [2.45, 2.75) is 11.8 Å². The van der Waals surface area contributed by atoms with Crippen LogP contribution in [-0.2, 0) is 10.0 Å². The molecule has 0 radical (unpaired) electrons. The van der Waals surface area contributed by atoms with E-state index in [4.69, 9.17) is 5.73 Å². The van der Waals surface area contributed by atoms with Gasteiger partial charge in [-0.25, -0.2) is 8.42 Å². The summed E-state index contributed by atoms with van der Waals surface area (Å²) >= 11 is 0. The second kappa shape index (κ2) is 5.50. The van der Waals surface area contributed by atoms with Crippen LogP contribution in [0.25, 0.3) is 5.73 Å². The topological polar surface area (TPSA) is 87.0 Å². The van der Waals surface area contributed by atoms with Gasteiger partial charge in [0.15, 0.2) is 6.03 Å². The molecule has 76 valence electrons. The standard InChI is InChI=1S/C8H10N2O3S.Na/c1-6-2-4-7(5-3-6)14(12,13)10-8(9)11;/h2-5H,1H3,(H3,9,10,11);/q;+1/p-1. The predicted molar refractivity (Wildman–Crippen MR) is 51.2 cm³/mol. The summed E-state index contributed by atoms with van der Waals surface area (Å²) in [5.41, 5.74) is 7.41. The van der Waals surface area contributed by atoms with Crippen molar-refractivity contribution in [2.75, 3.05) is 0 Å². The van der Waals surface area contributed by atoms with Crippen molar-refractivity contribution in [2.24, 2.45) is 0 Å². The molecular formula is C8H9N2NaO3S. The molecule has 0 atom stereocenters. The second-order valence-electron chi connectivity index (χ2n) is 2.75. The van der Waals surface area contributed by atoms with E-state index in [1.807, 2.05) is 6.92 Å². The number of carbonyl (C=O) groups excluding carboxylic acids is 1. The zero-order chi connectivity index (χ0) is 10.8. The first kappa shape index (κ1) is 14.4. The van der Waals surface area contributed by atoms with Gasteiger partial charge in [-0.3, -0.25) is 4.79 Å². The third-order valence-corrected chi connectivity index (χ3v) is 2.91. The van der Waals surface area contributed by atoms with Crippen LogP contribution in [0.4, 0.5) is 4.79 Å². The average Bonchev–Trinajstić information content (AvgIpc) is 2.02.